The van der Waals surface area contributed by atoms with Crippen LogP contribution in [0.15, 0.2) is 135 Å². The molecule has 0 radical (unpaired) electrons. The Morgan fingerprint density at radius 1 is 0.576 bits per heavy atom. The average molecular weight is 1150 g/mol. The van der Waals surface area contributed by atoms with E-state index < -0.39 is 17.2 Å². The maximum absolute atomic E-state index is 14.4. The second kappa shape index (κ2) is 24.9. The monoisotopic (exact) mass is 1150 g/mol. The second-order valence-electron chi connectivity index (χ2n) is 21.8. The standard InChI is InChI=1S/C34H36FN7O4.C29H28FN7O2/c1-21-38-18-22(19-39-21)20-44-27-15-25(35)16-28(17-27)45-26-7-5-23(6-8-26)29-30-31(36)37-11-14-42(30)32(40-29)24-9-12-41(13-10-24)33(43)46-34(2,3)4;1-18-34-15-19(16-35-18)17-38-24-12-22(30)13-25(14-24)39-23-4-2-20(3-5-23)26-27-28(31)33-10-11-37(27)29(36-26)21-6-8-32-9-7-21/h5-8,11,14-19,24H,9-10,12-13,20H2,1-4H3,(H2,36,37);2-5,10-16,21,32H,6-9,17H2,1H3,(H2,31,33). The van der Waals surface area contributed by atoms with Crippen LogP contribution in [-0.4, -0.2) is 91.4 Å². The summed E-state index contributed by atoms with van der Waals surface area (Å²) >= 11 is 0. The Hall–Kier alpha value is -9.83. The molecule has 12 rings (SSSR count). The van der Waals surface area contributed by atoms with Crippen molar-refractivity contribution < 1.29 is 37.3 Å². The summed E-state index contributed by atoms with van der Waals surface area (Å²) in [6, 6.07) is 23.3. The second-order valence-corrected chi connectivity index (χ2v) is 21.8. The Morgan fingerprint density at radius 3 is 1.41 bits per heavy atom. The zero-order valence-electron chi connectivity index (χ0n) is 47.7. The fourth-order valence-corrected chi connectivity index (χ4v) is 10.2. The van der Waals surface area contributed by atoms with Crippen molar-refractivity contribution in [1.29, 1.82) is 0 Å². The fourth-order valence-electron chi connectivity index (χ4n) is 10.2. The van der Waals surface area contributed by atoms with Crippen molar-refractivity contribution in [3.8, 4) is 57.0 Å². The molecule has 85 heavy (non-hydrogen) atoms. The van der Waals surface area contributed by atoms with Crippen molar-refractivity contribution in [3.05, 3.63) is 181 Å². The molecule has 0 spiro atoms. The zero-order valence-corrected chi connectivity index (χ0v) is 47.7. The normalized spacial score (nSPS) is 14.0. The third-order valence-corrected chi connectivity index (χ3v) is 14.3. The molecule has 5 N–H and O–H groups in total. The highest BCUT2D eigenvalue weighted by Crippen LogP contribution is 2.38. The number of carbonyl (C=O) groups is 1. The third kappa shape index (κ3) is 13.8. The smallest absolute Gasteiger partial charge is 0.410 e. The van der Waals surface area contributed by atoms with E-state index in [4.69, 9.17) is 45.1 Å². The number of anilines is 2. The number of amides is 1. The van der Waals surface area contributed by atoms with Gasteiger partial charge in [-0.3, -0.25) is 8.80 Å². The Balaban J connectivity index is 0.000000179. The van der Waals surface area contributed by atoms with Crippen LogP contribution in [0.4, 0.5) is 25.2 Å². The molecule has 20 nitrogen and oxygen atoms in total. The van der Waals surface area contributed by atoms with Gasteiger partial charge >= 0.3 is 6.09 Å². The molecule has 22 heteroatoms. The van der Waals surface area contributed by atoms with Crippen molar-refractivity contribution in [1.82, 2.24) is 58.9 Å². The number of nitrogens with zero attached hydrogens (tertiary/aromatic N) is 11. The third-order valence-electron chi connectivity index (χ3n) is 14.3. The molecule has 8 heterocycles. The van der Waals surface area contributed by atoms with Crippen molar-refractivity contribution in [2.75, 3.05) is 37.6 Å². The number of piperidine rings is 2. The number of hydrogen-bond donors (Lipinski definition) is 3. The van der Waals surface area contributed by atoms with E-state index in [9.17, 15) is 13.6 Å². The highest BCUT2D eigenvalue weighted by atomic mass is 19.1. The molecule has 4 aromatic carbocycles. The minimum atomic E-state index is -0.542. The van der Waals surface area contributed by atoms with Crippen LogP contribution in [0, 0.1) is 25.5 Å². The van der Waals surface area contributed by atoms with Crippen LogP contribution in [0.2, 0.25) is 0 Å². The lowest BCUT2D eigenvalue weighted by atomic mass is 9.96. The lowest BCUT2D eigenvalue weighted by Gasteiger charge is -2.33. The maximum Gasteiger partial charge on any atom is 0.410 e. The first-order valence-electron chi connectivity index (χ1n) is 28.0. The number of benzene rings is 4. The van der Waals surface area contributed by atoms with Crippen LogP contribution in [0.25, 0.3) is 33.5 Å². The Bertz CT molecular complexity index is 3960. The molecule has 2 fully saturated rings. The predicted octanol–water partition coefficient (Wildman–Crippen LogP) is 11.8. The molecule has 436 valence electrons. The SMILES string of the molecule is Cc1ncc(COc2cc(F)cc(Oc3ccc(-c4nc(C5CCN(C(=O)OC(C)(C)C)CC5)n5ccnc(N)c45)cc3)c2)cn1.Cc1ncc(COc2cc(F)cc(Oc3ccc(-c4nc(C5CCNCC5)n5ccnc(N)c45)cc3)c2)cn1. The van der Waals surface area contributed by atoms with Gasteiger partial charge in [0.1, 0.15) is 122 Å². The number of nitrogens with one attached hydrogen (secondary N) is 1. The van der Waals surface area contributed by atoms with Gasteiger partial charge in [-0.15, -0.1) is 0 Å². The summed E-state index contributed by atoms with van der Waals surface area (Å²) in [6.07, 6.45) is 17.1. The molecule has 2 saturated heterocycles. The van der Waals surface area contributed by atoms with Gasteiger partial charge in [0.05, 0.1) is 0 Å². The predicted molar refractivity (Wildman–Crippen MR) is 315 cm³/mol. The van der Waals surface area contributed by atoms with Gasteiger partial charge in [-0.25, -0.2) is 53.4 Å². The van der Waals surface area contributed by atoms with Crippen molar-refractivity contribution in [2.45, 2.75) is 91.0 Å². The lowest BCUT2D eigenvalue weighted by Crippen LogP contribution is -2.41. The molecule has 2 aliphatic rings. The largest absolute Gasteiger partial charge is 0.489 e. The summed E-state index contributed by atoms with van der Waals surface area (Å²) in [7, 11) is 0. The number of imidazole rings is 2. The number of halogens is 2. The number of carbonyl (C=O) groups excluding carboxylic acids is 1. The molecule has 2 aliphatic heterocycles. The van der Waals surface area contributed by atoms with E-state index in [0.29, 0.717) is 88.0 Å². The van der Waals surface area contributed by atoms with Crippen LogP contribution in [0.5, 0.6) is 34.5 Å². The Labute approximate surface area is 489 Å². The first kappa shape index (κ1) is 57.0. The van der Waals surface area contributed by atoms with E-state index in [0.717, 1.165) is 83.9 Å². The number of fused-ring (bicyclic) bond motifs is 2. The molecule has 0 saturated carbocycles. The number of hydrogen-bond acceptors (Lipinski definition) is 17. The first-order chi connectivity index (χ1) is 41.0. The van der Waals surface area contributed by atoms with Crippen molar-refractivity contribution >= 4 is 28.8 Å². The van der Waals surface area contributed by atoms with Gasteiger partial charge in [0, 0.05) is 133 Å². The van der Waals surface area contributed by atoms with Gasteiger partial charge < -0.3 is 45.4 Å². The Kier molecular flexibility index (Phi) is 16.7. The minimum absolute atomic E-state index is 0.118. The summed E-state index contributed by atoms with van der Waals surface area (Å²) in [5.41, 5.74) is 18.4. The summed E-state index contributed by atoms with van der Waals surface area (Å²) in [5.74, 6) is 5.88. The first-order valence-corrected chi connectivity index (χ1v) is 28.0. The molecule has 0 atom stereocenters. The van der Waals surface area contributed by atoms with Gasteiger partial charge in [-0.05, 0) is 122 Å². The number of rotatable bonds is 14. The van der Waals surface area contributed by atoms with E-state index in [1.165, 1.54) is 24.3 Å². The van der Waals surface area contributed by atoms with E-state index in [1.54, 1.807) is 73.3 Å². The quantitative estimate of drug-likeness (QED) is 0.0916. The van der Waals surface area contributed by atoms with Gasteiger partial charge in [0.15, 0.2) is 0 Å². The number of ether oxygens (including phenoxy) is 5. The van der Waals surface area contributed by atoms with Crippen LogP contribution in [-0.2, 0) is 18.0 Å². The van der Waals surface area contributed by atoms with E-state index >= 15 is 0 Å². The van der Waals surface area contributed by atoms with E-state index in [2.05, 4.69) is 39.6 Å². The molecule has 0 unspecified atom stereocenters. The molecule has 0 bridgehead atoms. The lowest BCUT2D eigenvalue weighted by molar-refractivity contribution is 0.0203. The summed E-state index contributed by atoms with van der Waals surface area (Å²) in [4.78, 5) is 49.7. The van der Waals surface area contributed by atoms with Crippen molar-refractivity contribution in [2.24, 2.45) is 0 Å². The van der Waals surface area contributed by atoms with Gasteiger partial charge in [-0.2, -0.15) is 0 Å². The number of aromatic nitrogens is 10. The number of aryl methyl sites for hydroxylation is 2. The number of nitrogen functional groups attached to an aromatic ring is 2. The highest BCUT2D eigenvalue weighted by Gasteiger charge is 2.31. The van der Waals surface area contributed by atoms with Crippen LogP contribution >= 0.6 is 0 Å². The Morgan fingerprint density at radius 2 is 0.988 bits per heavy atom. The van der Waals surface area contributed by atoms with Crippen LogP contribution in [0.3, 0.4) is 0 Å². The van der Waals surface area contributed by atoms with Gasteiger partial charge in [0.25, 0.3) is 0 Å². The molecular weight excluding hydrogens is 1090 g/mol. The molecule has 6 aromatic heterocycles. The molecule has 1 amide bonds. The molecule has 10 aromatic rings. The zero-order chi connectivity index (χ0) is 59.2. The summed E-state index contributed by atoms with van der Waals surface area (Å²) < 4.78 is 61.8. The summed E-state index contributed by atoms with van der Waals surface area (Å²) in [5, 5.41) is 3.41. The topological polar surface area (TPSA) is 242 Å². The maximum atomic E-state index is 14.4. The molecular formula is C63H64F2N14O6. The van der Waals surface area contributed by atoms with Gasteiger partial charge in [-0.1, -0.05) is 0 Å². The number of likely N-dealkylation sites (tertiary alicyclic amines) is 1. The van der Waals surface area contributed by atoms with Crippen LogP contribution in [0.1, 0.15) is 92.7 Å². The van der Waals surface area contributed by atoms with Crippen molar-refractivity contribution in [3.63, 3.8) is 0 Å². The summed E-state index contributed by atoms with van der Waals surface area (Å²) in [6.45, 7) is 12.7. The van der Waals surface area contributed by atoms with Gasteiger partial charge in [0.2, 0.25) is 0 Å². The van der Waals surface area contributed by atoms with Crippen LogP contribution < -0.4 is 35.7 Å². The number of nitrogens with two attached hydrogens (primary N) is 2. The average Bonchev–Trinajstić information content (AvgIpc) is 4.08. The molecule has 0 aliphatic carbocycles. The fraction of sp³-hybridized carbons (Fsp3) is 0.286. The van der Waals surface area contributed by atoms with E-state index in [1.807, 2.05) is 80.9 Å². The highest BCUT2D eigenvalue weighted by molar-refractivity contribution is 5.86. The van der Waals surface area contributed by atoms with E-state index in [-0.39, 0.29) is 25.2 Å². The minimum Gasteiger partial charge on any atom is -0.489 e.